The van der Waals surface area contributed by atoms with Gasteiger partial charge in [0.1, 0.15) is 5.75 Å². The molecule has 1 fully saturated rings. The number of ketones is 1. The van der Waals surface area contributed by atoms with Crippen molar-refractivity contribution in [1.82, 2.24) is 0 Å². The summed E-state index contributed by atoms with van der Waals surface area (Å²) in [6.07, 6.45) is 4.98. The Morgan fingerprint density at radius 3 is 2.19 bits per heavy atom. The summed E-state index contributed by atoms with van der Waals surface area (Å²) >= 11 is 0. The predicted octanol–water partition coefficient (Wildman–Crippen LogP) is 3.37. The second-order valence-corrected chi connectivity index (χ2v) is 8.39. The zero-order valence-electron chi connectivity index (χ0n) is 12.9. The van der Waals surface area contributed by atoms with Gasteiger partial charge in [0, 0.05) is 5.92 Å². The minimum Gasteiger partial charge on any atom is -0.298 e. The molecule has 1 saturated carbocycles. The molecule has 3 nitrogen and oxygen atoms in total. The van der Waals surface area contributed by atoms with Crippen LogP contribution in [0.25, 0.3) is 0 Å². The van der Waals surface area contributed by atoms with E-state index in [4.69, 9.17) is 0 Å². The molecule has 0 saturated heterocycles. The summed E-state index contributed by atoms with van der Waals surface area (Å²) in [6, 6.07) is 5.79. The van der Waals surface area contributed by atoms with Crippen molar-refractivity contribution in [1.29, 1.82) is 0 Å². The van der Waals surface area contributed by atoms with Crippen molar-refractivity contribution < 1.29 is 13.2 Å². The van der Waals surface area contributed by atoms with Gasteiger partial charge in [-0.2, -0.15) is 0 Å². The molecule has 0 aliphatic heterocycles. The van der Waals surface area contributed by atoms with Crippen molar-refractivity contribution in [2.75, 3.05) is 5.75 Å². The lowest BCUT2D eigenvalue weighted by molar-refractivity contribution is -0.121. The Labute approximate surface area is 127 Å². The maximum absolute atomic E-state index is 12.3. The van der Waals surface area contributed by atoms with Crippen molar-refractivity contribution in [3.05, 3.63) is 34.9 Å². The molecule has 0 heterocycles. The van der Waals surface area contributed by atoms with Crippen LogP contribution in [0.4, 0.5) is 0 Å². The van der Waals surface area contributed by atoms with Gasteiger partial charge in [0.25, 0.3) is 0 Å². The van der Waals surface area contributed by atoms with E-state index in [2.05, 4.69) is 0 Å². The number of sulfone groups is 1. The van der Waals surface area contributed by atoms with Crippen molar-refractivity contribution in [3.8, 4) is 0 Å². The quantitative estimate of drug-likeness (QED) is 0.838. The second-order valence-electron chi connectivity index (χ2n) is 6.33. The molecule has 1 aromatic rings. The van der Waals surface area contributed by atoms with Gasteiger partial charge in [0.15, 0.2) is 15.6 Å². The smallest absolute Gasteiger partial charge is 0.161 e. The van der Waals surface area contributed by atoms with Gasteiger partial charge in [-0.05, 0) is 32.3 Å². The van der Waals surface area contributed by atoms with Crippen LogP contribution >= 0.6 is 0 Å². The van der Waals surface area contributed by atoms with Crippen molar-refractivity contribution in [2.24, 2.45) is 5.92 Å². The van der Waals surface area contributed by atoms with E-state index in [1.807, 2.05) is 32.0 Å². The Morgan fingerprint density at radius 1 is 1.05 bits per heavy atom. The molecule has 4 heteroatoms. The molecule has 1 aliphatic rings. The summed E-state index contributed by atoms with van der Waals surface area (Å²) in [5.41, 5.74) is 2.89. The third kappa shape index (κ3) is 4.95. The Hall–Kier alpha value is -1.16. The van der Waals surface area contributed by atoms with Gasteiger partial charge in [-0.25, -0.2) is 8.42 Å². The first-order valence-electron chi connectivity index (χ1n) is 7.66. The summed E-state index contributed by atoms with van der Waals surface area (Å²) in [6.45, 7) is 3.91. The molecule has 0 amide bonds. The topological polar surface area (TPSA) is 51.2 Å². The first-order valence-corrected chi connectivity index (χ1v) is 9.48. The van der Waals surface area contributed by atoms with E-state index < -0.39 is 9.84 Å². The van der Waals surface area contributed by atoms with Crippen LogP contribution in [0.2, 0.25) is 0 Å². The van der Waals surface area contributed by atoms with Crippen LogP contribution < -0.4 is 0 Å². The highest BCUT2D eigenvalue weighted by atomic mass is 32.2. The number of Topliss-reactive ketones (excluding diaryl/α,β-unsaturated/α-hetero) is 1. The molecule has 0 radical (unpaired) electrons. The predicted molar refractivity (Wildman–Crippen MR) is 85.0 cm³/mol. The minimum absolute atomic E-state index is 0.0338. The molecule has 0 bridgehead atoms. The van der Waals surface area contributed by atoms with E-state index in [0.717, 1.165) is 42.4 Å². The van der Waals surface area contributed by atoms with Crippen LogP contribution in [-0.4, -0.2) is 20.0 Å². The summed E-state index contributed by atoms with van der Waals surface area (Å²) in [7, 11) is -3.37. The standard InChI is InChI=1S/C17H24O3S/c1-13-8-14(2)10-15(9-13)11-21(19,20)12-17(18)16-6-4-3-5-7-16/h8-10,16H,3-7,11-12H2,1-2H3. The molecule has 0 N–H and O–H groups in total. The number of hydrogen-bond acceptors (Lipinski definition) is 3. The fourth-order valence-electron chi connectivity index (χ4n) is 3.22. The average molecular weight is 308 g/mol. The fraction of sp³-hybridized carbons (Fsp3) is 0.588. The van der Waals surface area contributed by atoms with E-state index >= 15 is 0 Å². The maximum atomic E-state index is 12.3. The molecular formula is C17H24O3S. The number of aryl methyl sites for hydroxylation is 2. The lowest BCUT2D eigenvalue weighted by Crippen LogP contribution is -2.26. The minimum atomic E-state index is -3.37. The molecule has 0 spiro atoms. The SMILES string of the molecule is Cc1cc(C)cc(CS(=O)(=O)CC(=O)C2CCCCC2)c1. The van der Waals surface area contributed by atoms with Gasteiger partial charge < -0.3 is 0 Å². The number of carbonyl (C=O) groups is 1. The number of benzene rings is 1. The third-order valence-corrected chi connectivity index (χ3v) is 5.59. The third-order valence-electron chi connectivity index (χ3n) is 4.09. The first kappa shape index (κ1) is 16.2. The highest BCUT2D eigenvalue weighted by Crippen LogP contribution is 2.25. The average Bonchev–Trinajstić information content (AvgIpc) is 2.37. The lowest BCUT2D eigenvalue weighted by Gasteiger charge is -2.20. The maximum Gasteiger partial charge on any atom is 0.161 e. The number of hydrogen-bond donors (Lipinski definition) is 0. The normalized spacial score (nSPS) is 16.9. The van der Waals surface area contributed by atoms with Crippen LogP contribution in [0, 0.1) is 19.8 Å². The molecule has 0 unspecified atom stereocenters. The highest BCUT2D eigenvalue weighted by molar-refractivity contribution is 7.91. The summed E-state index contributed by atoms with van der Waals surface area (Å²) < 4.78 is 24.5. The van der Waals surface area contributed by atoms with Gasteiger partial charge >= 0.3 is 0 Å². The Kier molecular flexibility index (Phi) is 5.20. The summed E-state index contributed by atoms with van der Waals surface area (Å²) in [5.74, 6) is -0.453. The van der Waals surface area contributed by atoms with Gasteiger partial charge in [-0.1, -0.05) is 48.6 Å². The Bertz CT molecular complexity index is 591. The summed E-state index contributed by atoms with van der Waals surface area (Å²) in [4.78, 5) is 12.2. The van der Waals surface area contributed by atoms with Crippen LogP contribution in [-0.2, 0) is 20.4 Å². The monoisotopic (exact) mass is 308 g/mol. The number of rotatable bonds is 5. The van der Waals surface area contributed by atoms with Crippen molar-refractivity contribution in [2.45, 2.75) is 51.7 Å². The van der Waals surface area contributed by atoms with Crippen molar-refractivity contribution in [3.63, 3.8) is 0 Å². The number of carbonyl (C=O) groups excluding carboxylic acids is 1. The van der Waals surface area contributed by atoms with E-state index in [9.17, 15) is 13.2 Å². The Morgan fingerprint density at radius 2 is 1.62 bits per heavy atom. The molecule has 2 rings (SSSR count). The molecule has 0 atom stereocenters. The van der Waals surface area contributed by atoms with Crippen molar-refractivity contribution >= 4 is 15.6 Å². The van der Waals surface area contributed by atoms with Crippen LogP contribution in [0.5, 0.6) is 0 Å². The van der Waals surface area contributed by atoms with Gasteiger partial charge in [-0.15, -0.1) is 0 Å². The van der Waals surface area contributed by atoms with E-state index in [-0.39, 0.29) is 23.2 Å². The molecule has 116 valence electrons. The zero-order chi connectivity index (χ0) is 15.5. The summed E-state index contributed by atoms with van der Waals surface area (Å²) in [5, 5.41) is 0. The molecule has 21 heavy (non-hydrogen) atoms. The molecule has 1 aliphatic carbocycles. The van der Waals surface area contributed by atoms with E-state index in [1.54, 1.807) is 0 Å². The van der Waals surface area contributed by atoms with Crippen LogP contribution in [0.1, 0.15) is 48.8 Å². The first-order chi connectivity index (χ1) is 9.85. The van der Waals surface area contributed by atoms with Crippen LogP contribution in [0.3, 0.4) is 0 Å². The fourth-order valence-corrected chi connectivity index (χ4v) is 4.66. The Balaban J connectivity index is 2.02. The van der Waals surface area contributed by atoms with Gasteiger partial charge in [0.05, 0.1) is 5.75 Å². The van der Waals surface area contributed by atoms with E-state index in [0.29, 0.717) is 0 Å². The molecule has 0 aromatic heterocycles. The highest BCUT2D eigenvalue weighted by Gasteiger charge is 2.26. The molecular weight excluding hydrogens is 284 g/mol. The van der Waals surface area contributed by atoms with E-state index in [1.165, 1.54) is 6.42 Å². The zero-order valence-corrected chi connectivity index (χ0v) is 13.7. The lowest BCUT2D eigenvalue weighted by atomic mass is 9.87. The largest absolute Gasteiger partial charge is 0.298 e. The molecule has 1 aromatic carbocycles. The second kappa shape index (κ2) is 6.73. The van der Waals surface area contributed by atoms with Gasteiger partial charge in [-0.3, -0.25) is 4.79 Å². The van der Waals surface area contributed by atoms with Crippen LogP contribution in [0.15, 0.2) is 18.2 Å². The van der Waals surface area contributed by atoms with Gasteiger partial charge in [0.2, 0.25) is 0 Å².